The van der Waals surface area contributed by atoms with E-state index in [1.807, 2.05) is 19.1 Å². The average molecular weight is 360 g/mol. The lowest BCUT2D eigenvalue weighted by Gasteiger charge is -2.37. The van der Waals surface area contributed by atoms with E-state index in [1.165, 1.54) is 17.2 Å². The van der Waals surface area contributed by atoms with Crippen molar-refractivity contribution in [3.05, 3.63) is 58.7 Å². The summed E-state index contributed by atoms with van der Waals surface area (Å²) in [7, 11) is 0. The molecule has 0 saturated heterocycles. The lowest BCUT2D eigenvalue weighted by molar-refractivity contribution is -0.131. The third kappa shape index (κ3) is 7.14. The Balaban J connectivity index is 2.92. The maximum atomic E-state index is 10.6. The number of aliphatic carboxylic acids is 1. The highest BCUT2D eigenvalue weighted by Crippen LogP contribution is 2.41. The van der Waals surface area contributed by atoms with E-state index in [1.54, 1.807) is 13.0 Å². The van der Waals surface area contributed by atoms with E-state index in [4.69, 9.17) is 14.9 Å². The summed E-state index contributed by atoms with van der Waals surface area (Å²) in [4.78, 5) is 10.6. The number of hydrogen-bond acceptors (Lipinski definition) is 3. The number of aliphatic hydroxyl groups is 1. The number of aliphatic hydroxyl groups excluding tert-OH is 1. The zero-order valence-electron chi connectivity index (χ0n) is 16.6. The van der Waals surface area contributed by atoms with Crippen molar-refractivity contribution >= 4 is 5.97 Å². The lowest BCUT2D eigenvalue weighted by atomic mass is 9.71. The SMILES string of the molecule is CC1=C(/C=C/C(C)=C\C=C\C(C)=C/C(=O)O)C(C)(C)CCC1OCCO. The molecule has 1 aliphatic rings. The summed E-state index contributed by atoms with van der Waals surface area (Å²) in [6.45, 7) is 10.8. The predicted octanol–water partition coefficient (Wildman–Crippen LogP) is 4.59. The first kappa shape index (κ1) is 22.1. The standard InChI is InChI=1S/C22H32O4/c1-16(7-6-8-17(2)15-21(24)25)9-10-19-18(3)20(26-14-13-23)11-12-22(19,4)5/h6-10,15,20,23H,11-14H2,1-5H3,(H,24,25)/b8-6+,10-9+,16-7-,17-15-. The summed E-state index contributed by atoms with van der Waals surface area (Å²) in [6.07, 6.45) is 13.1. The van der Waals surface area contributed by atoms with Crippen LogP contribution in [0, 0.1) is 5.41 Å². The number of carbonyl (C=O) groups is 1. The van der Waals surface area contributed by atoms with Crippen LogP contribution in [0.1, 0.15) is 47.5 Å². The first-order valence-electron chi connectivity index (χ1n) is 9.05. The Bertz CT molecular complexity index is 645. The fourth-order valence-corrected chi connectivity index (χ4v) is 3.18. The Morgan fingerprint density at radius 1 is 1.27 bits per heavy atom. The fourth-order valence-electron chi connectivity index (χ4n) is 3.18. The molecule has 0 aromatic heterocycles. The van der Waals surface area contributed by atoms with Gasteiger partial charge in [0.15, 0.2) is 0 Å². The van der Waals surface area contributed by atoms with Gasteiger partial charge in [-0.3, -0.25) is 0 Å². The maximum Gasteiger partial charge on any atom is 0.328 e. The largest absolute Gasteiger partial charge is 0.478 e. The van der Waals surface area contributed by atoms with Gasteiger partial charge in [0.1, 0.15) is 0 Å². The molecule has 0 amide bonds. The average Bonchev–Trinajstić information content (AvgIpc) is 2.53. The van der Waals surface area contributed by atoms with E-state index < -0.39 is 5.97 Å². The third-order valence-corrected chi connectivity index (χ3v) is 4.66. The molecule has 0 aromatic carbocycles. The predicted molar refractivity (Wildman–Crippen MR) is 106 cm³/mol. The van der Waals surface area contributed by atoms with Crippen molar-refractivity contribution in [1.82, 2.24) is 0 Å². The molecular formula is C22H32O4. The molecule has 1 atom stereocenters. The highest BCUT2D eigenvalue weighted by molar-refractivity contribution is 5.81. The van der Waals surface area contributed by atoms with E-state index in [9.17, 15) is 4.79 Å². The van der Waals surface area contributed by atoms with Crippen molar-refractivity contribution in [3.63, 3.8) is 0 Å². The molecule has 1 unspecified atom stereocenters. The van der Waals surface area contributed by atoms with Crippen LogP contribution >= 0.6 is 0 Å². The molecular weight excluding hydrogens is 328 g/mol. The number of allylic oxidation sites excluding steroid dienone is 8. The topological polar surface area (TPSA) is 66.8 Å². The fraction of sp³-hybridized carbons (Fsp3) is 0.500. The van der Waals surface area contributed by atoms with Gasteiger partial charge in [-0.05, 0) is 55.7 Å². The van der Waals surface area contributed by atoms with Crippen LogP contribution in [0.4, 0.5) is 0 Å². The van der Waals surface area contributed by atoms with Gasteiger partial charge < -0.3 is 14.9 Å². The molecule has 0 fully saturated rings. The minimum atomic E-state index is -0.937. The second-order valence-electron chi connectivity index (χ2n) is 7.43. The second kappa shape index (κ2) is 10.3. The molecule has 0 heterocycles. The molecule has 0 aromatic rings. The summed E-state index contributed by atoms with van der Waals surface area (Å²) in [5.41, 5.74) is 4.39. The number of carboxylic acids is 1. The maximum absolute atomic E-state index is 10.6. The van der Waals surface area contributed by atoms with Crippen molar-refractivity contribution in [3.8, 4) is 0 Å². The smallest absolute Gasteiger partial charge is 0.328 e. The highest BCUT2D eigenvalue weighted by atomic mass is 16.5. The van der Waals surface area contributed by atoms with Crippen molar-refractivity contribution in [2.24, 2.45) is 5.41 Å². The van der Waals surface area contributed by atoms with Crippen LogP contribution in [0.15, 0.2) is 58.7 Å². The van der Waals surface area contributed by atoms with Gasteiger partial charge in [0.2, 0.25) is 0 Å². The molecule has 0 bridgehead atoms. The molecule has 144 valence electrons. The van der Waals surface area contributed by atoms with Crippen molar-refractivity contribution < 1.29 is 19.7 Å². The quantitative estimate of drug-likeness (QED) is 0.491. The van der Waals surface area contributed by atoms with Crippen molar-refractivity contribution in [1.29, 1.82) is 0 Å². The lowest BCUT2D eigenvalue weighted by Crippen LogP contribution is -2.29. The van der Waals surface area contributed by atoms with Gasteiger partial charge in [-0.1, -0.05) is 49.8 Å². The molecule has 26 heavy (non-hydrogen) atoms. The number of rotatable bonds is 8. The Labute approximate surface area is 157 Å². The van der Waals surface area contributed by atoms with Gasteiger partial charge in [-0.15, -0.1) is 0 Å². The highest BCUT2D eigenvalue weighted by Gasteiger charge is 2.32. The van der Waals surface area contributed by atoms with Gasteiger partial charge in [0.05, 0.1) is 19.3 Å². The third-order valence-electron chi connectivity index (χ3n) is 4.66. The van der Waals surface area contributed by atoms with E-state index in [0.717, 1.165) is 18.4 Å². The van der Waals surface area contributed by atoms with Gasteiger partial charge in [-0.25, -0.2) is 4.79 Å². The van der Waals surface area contributed by atoms with Gasteiger partial charge >= 0.3 is 5.97 Å². The van der Waals surface area contributed by atoms with Crippen LogP contribution in [0.2, 0.25) is 0 Å². The zero-order chi connectivity index (χ0) is 19.7. The summed E-state index contributed by atoms with van der Waals surface area (Å²) < 4.78 is 5.78. The Morgan fingerprint density at radius 2 is 1.96 bits per heavy atom. The van der Waals surface area contributed by atoms with Crippen LogP contribution in [0.3, 0.4) is 0 Å². The van der Waals surface area contributed by atoms with Crippen molar-refractivity contribution in [2.75, 3.05) is 13.2 Å². The number of hydrogen-bond donors (Lipinski definition) is 2. The molecule has 4 heteroatoms. The summed E-state index contributed by atoms with van der Waals surface area (Å²) in [5, 5.41) is 17.7. The van der Waals surface area contributed by atoms with Crippen molar-refractivity contribution in [2.45, 2.75) is 53.6 Å². The minimum absolute atomic E-state index is 0.0439. The molecule has 1 rings (SSSR count). The normalized spacial score (nSPS) is 21.8. The minimum Gasteiger partial charge on any atom is -0.478 e. The van der Waals surface area contributed by atoms with Gasteiger partial charge in [0, 0.05) is 6.08 Å². The zero-order valence-corrected chi connectivity index (χ0v) is 16.6. The van der Waals surface area contributed by atoms with E-state index >= 15 is 0 Å². The monoisotopic (exact) mass is 360 g/mol. The number of carboxylic acid groups (broad SMARTS) is 1. The Kier molecular flexibility index (Phi) is 8.76. The second-order valence-corrected chi connectivity index (χ2v) is 7.43. The molecule has 0 aliphatic heterocycles. The molecule has 4 nitrogen and oxygen atoms in total. The van der Waals surface area contributed by atoms with Gasteiger partial charge in [0.25, 0.3) is 0 Å². The van der Waals surface area contributed by atoms with E-state index in [-0.39, 0.29) is 18.1 Å². The summed E-state index contributed by atoms with van der Waals surface area (Å²) in [5.74, 6) is -0.937. The van der Waals surface area contributed by atoms with Gasteiger partial charge in [-0.2, -0.15) is 0 Å². The first-order chi connectivity index (χ1) is 12.2. The first-order valence-corrected chi connectivity index (χ1v) is 9.05. The molecule has 0 saturated carbocycles. The molecule has 0 spiro atoms. The Hall–Kier alpha value is -1.91. The summed E-state index contributed by atoms with van der Waals surface area (Å²) in [6, 6.07) is 0. The molecule has 2 N–H and O–H groups in total. The Morgan fingerprint density at radius 3 is 2.58 bits per heavy atom. The number of ether oxygens (including phenoxy) is 1. The van der Waals surface area contributed by atoms with Crippen LogP contribution < -0.4 is 0 Å². The van der Waals surface area contributed by atoms with Crippen LogP contribution in [-0.2, 0) is 9.53 Å². The van der Waals surface area contributed by atoms with Crippen LogP contribution in [0.25, 0.3) is 0 Å². The van der Waals surface area contributed by atoms with Crippen LogP contribution in [0.5, 0.6) is 0 Å². The summed E-state index contributed by atoms with van der Waals surface area (Å²) >= 11 is 0. The molecule has 0 radical (unpaired) electrons. The van der Waals surface area contributed by atoms with E-state index in [0.29, 0.717) is 12.2 Å². The van der Waals surface area contributed by atoms with Crippen LogP contribution in [-0.4, -0.2) is 35.5 Å². The van der Waals surface area contributed by atoms with E-state index in [2.05, 4.69) is 32.9 Å². The molecule has 1 aliphatic carbocycles.